The number of ether oxygens (including phenoxy) is 4. The van der Waals surface area contributed by atoms with Crippen LogP contribution in [0, 0.1) is 0 Å². The smallest absolute Gasteiger partial charge is 0.361 e. The molecule has 0 saturated carbocycles. The van der Waals surface area contributed by atoms with Crippen molar-refractivity contribution in [1.29, 1.82) is 0 Å². The Kier molecular flexibility index (Phi) is 55.1. The molecular formula is C68H116NO8+. The van der Waals surface area contributed by atoms with E-state index in [1.165, 1.54) is 109 Å². The van der Waals surface area contributed by atoms with Gasteiger partial charge in [-0.05, 0) is 83.5 Å². The molecular weight excluding hydrogens is 959 g/mol. The Morgan fingerprint density at radius 2 is 0.740 bits per heavy atom. The van der Waals surface area contributed by atoms with E-state index in [0.717, 1.165) is 103 Å². The van der Waals surface area contributed by atoms with Crippen LogP contribution >= 0.6 is 0 Å². The first-order chi connectivity index (χ1) is 37.6. The molecule has 0 aliphatic rings. The number of quaternary nitrogens is 1. The quantitative estimate of drug-likeness (QED) is 0.0211. The zero-order valence-corrected chi connectivity index (χ0v) is 50.1. The maximum atomic E-state index is 12.9. The summed E-state index contributed by atoms with van der Waals surface area (Å²) in [6, 6.07) is 0. The number of esters is 2. The number of unbranched alkanes of at least 4 members (excludes halogenated alkanes) is 23. The van der Waals surface area contributed by atoms with Gasteiger partial charge in [-0.3, -0.25) is 9.59 Å². The lowest BCUT2D eigenvalue weighted by Crippen LogP contribution is -2.40. The molecule has 0 aromatic carbocycles. The van der Waals surface area contributed by atoms with Gasteiger partial charge in [-0.1, -0.05) is 258 Å². The van der Waals surface area contributed by atoms with Gasteiger partial charge in [0, 0.05) is 12.8 Å². The van der Waals surface area contributed by atoms with Crippen molar-refractivity contribution in [2.75, 3.05) is 47.5 Å². The maximum Gasteiger partial charge on any atom is 0.361 e. The van der Waals surface area contributed by atoms with Gasteiger partial charge in [-0.15, -0.1) is 0 Å². The molecule has 0 spiro atoms. The lowest BCUT2D eigenvalue weighted by Gasteiger charge is -2.25. The highest BCUT2D eigenvalue weighted by Gasteiger charge is 2.25. The molecule has 9 heteroatoms. The van der Waals surface area contributed by atoms with Crippen molar-refractivity contribution in [3.05, 3.63) is 109 Å². The molecule has 0 aromatic heterocycles. The largest absolute Gasteiger partial charge is 0.477 e. The van der Waals surface area contributed by atoms with E-state index in [2.05, 4.69) is 123 Å². The number of allylic oxidation sites excluding steroid dienone is 18. The standard InChI is InChI=1S/C68H115NO8/c1-6-8-10-12-14-16-18-20-22-24-25-26-27-28-29-30-31-32-33-34-35-36-37-38-39-40-41-43-45-47-49-51-53-55-57-59-66(71)77-64(63-76-68(67(72)73)74-61-60-69(3,4)5)62-75-65(70)58-56-54-52-50-48-46-44-42-23-21-19-17-15-13-11-9-7-2/h8,10,14,16,20,22,25-26,28-29,31-32,34-35,37-38,40-41,64,68H,6-7,9,11-13,15,17-19,21,23-24,27,30,33,36,39,42-63H2,1-5H3/p+1/b10-8-,16-14-,22-20-,26-25-,29-28-,32-31-,35-34-,38-37-,41-40-. The molecule has 0 amide bonds. The Balaban J connectivity index is 4.23. The van der Waals surface area contributed by atoms with Crippen molar-refractivity contribution in [1.82, 2.24) is 0 Å². The van der Waals surface area contributed by atoms with Crippen molar-refractivity contribution in [3.63, 3.8) is 0 Å². The van der Waals surface area contributed by atoms with Gasteiger partial charge in [0.1, 0.15) is 13.2 Å². The maximum absolute atomic E-state index is 12.9. The number of carbonyl (C=O) groups excluding carboxylic acids is 2. The Labute approximate surface area is 473 Å². The molecule has 0 saturated heterocycles. The van der Waals surface area contributed by atoms with Crippen LogP contribution in [-0.4, -0.2) is 87.4 Å². The molecule has 1 N–H and O–H groups in total. The summed E-state index contributed by atoms with van der Waals surface area (Å²) in [5.74, 6) is -2.02. The number of rotatable bonds is 56. The van der Waals surface area contributed by atoms with Crippen molar-refractivity contribution < 1.29 is 42.9 Å². The summed E-state index contributed by atoms with van der Waals surface area (Å²) in [5.41, 5.74) is 0. The van der Waals surface area contributed by atoms with Crippen LogP contribution in [-0.2, 0) is 33.3 Å². The molecule has 0 aromatic rings. The SMILES string of the molecule is CC/C=C\C/C=C\C/C=C\C/C=C\C/C=C\C/C=C\C/C=C\C/C=C\C/C=C\CCCCCCCCCC(=O)OC(COC(=O)CCCCCCCCCCCCCCCCCCC)COC(OCC[N+](C)(C)C)C(=O)O. The predicted octanol–water partition coefficient (Wildman–Crippen LogP) is 18.7. The van der Waals surface area contributed by atoms with Crippen LogP contribution in [0.3, 0.4) is 0 Å². The third-order valence-electron chi connectivity index (χ3n) is 13.0. The second-order valence-corrected chi connectivity index (χ2v) is 21.6. The molecule has 0 radical (unpaired) electrons. The van der Waals surface area contributed by atoms with Crippen LogP contribution in [0.15, 0.2) is 109 Å². The minimum Gasteiger partial charge on any atom is -0.477 e. The van der Waals surface area contributed by atoms with Gasteiger partial charge in [0.25, 0.3) is 6.29 Å². The lowest BCUT2D eigenvalue weighted by atomic mass is 10.0. The van der Waals surface area contributed by atoms with E-state index in [4.69, 9.17) is 18.9 Å². The number of likely N-dealkylation sites (N-methyl/N-ethyl adjacent to an activating group) is 1. The summed E-state index contributed by atoms with van der Waals surface area (Å²) < 4.78 is 22.9. The van der Waals surface area contributed by atoms with E-state index in [9.17, 15) is 19.5 Å². The zero-order chi connectivity index (χ0) is 56.2. The van der Waals surface area contributed by atoms with Crippen molar-refractivity contribution in [2.45, 2.75) is 257 Å². The summed E-state index contributed by atoms with van der Waals surface area (Å²) in [5, 5.41) is 9.71. The number of carbonyl (C=O) groups is 3. The number of aliphatic carboxylic acids is 1. The summed E-state index contributed by atoms with van der Waals surface area (Å²) >= 11 is 0. The molecule has 440 valence electrons. The first-order valence-electron chi connectivity index (χ1n) is 31.1. The molecule has 9 nitrogen and oxygen atoms in total. The Morgan fingerprint density at radius 1 is 0.403 bits per heavy atom. The Bertz CT molecular complexity index is 1630. The number of hydrogen-bond donors (Lipinski definition) is 1. The van der Waals surface area contributed by atoms with Gasteiger partial charge in [0.05, 0.1) is 34.4 Å². The molecule has 0 bridgehead atoms. The number of nitrogens with zero attached hydrogens (tertiary/aromatic N) is 1. The molecule has 77 heavy (non-hydrogen) atoms. The third-order valence-corrected chi connectivity index (χ3v) is 13.0. The van der Waals surface area contributed by atoms with Crippen molar-refractivity contribution in [3.8, 4) is 0 Å². The fraction of sp³-hybridized carbons (Fsp3) is 0.691. The van der Waals surface area contributed by atoms with Gasteiger partial charge < -0.3 is 28.5 Å². The van der Waals surface area contributed by atoms with Gasteiger partial charge >= 0.3 is 17.9 Å². The van der Waals surface area contributed by atoms with Crippen LogP contribution in [0.4, 0.5) is 0 Å². The predicted molar refractivity (Wildman–Crippen MR) is 327 cm³/mol. The van der Waals surface area contributed by atoms with Crippen molar-refractivity contribution in [2.24, 2.45) is 0 Å². The van der Waals surface area contributed by atoms with Gasteiger partial charge in [-0.2, -0.15) is 0 Å². The molecule has 2 atom stereocenters. The molecule has 0 heterocycles. The number of carboxylic acids is 1. The fourth-order valence-corrected chi connectivity index (χ4v) is 8.30. The molecule has 2 unspecified atom stereocenters. The third kappa shape index (κ3) is 59.5. The number of carboxylic acid groups (broad SMARTS) is 1. The van der Waals surface area contributed by atoms with Gasteiger partial charge in [0.2, 0.25) is 0 Å². The van der Waals surface area contributed by atoms with E-state index < -0.39 is 24.3 Å². The normalized spacial score (nSPS) is 13.5. The van der Waals surface area contributed by atoms with E-state index in [-0.39, 0.29) is 32.2 Å². The van der Waals surface area contributed by atoms with Gasteiger partial charge in [0.15, 0.2) is 6.10 Å². The zero-order valence-electron chi connectivity index (χ0n) is 50.1. The monoisotopic (exact) mass is 1070 g/mol. The summed E-state index contributed by atoms with van der Waals surface area (Å²) in [4.78, 5) is 37.5. The average Bonchev–Trinajstić information content (AvgIpc) is 3.40. The average molecular weight is 1080 g/mol. The van der Waals surface area contributed by atoms with E-state index in [0.29, 0.717) is 23.9 Å². The summed E-state index contributed by atoms with van der Waals surface area (Å²) in [6.07, 6.45) is 77.4. The van der Waals surface area contributed by atoms with Gasteiger partial charge in [-0.25, -0.2) is 4.79 Å². The minimum atomic E-state index is -1.52. The summed E-state index contributed by atoms with van der Waals surface area (Å²) in [7, 11) is 5.96. The lowest BCUT2D eigenvalue weighted by molar-refractivity contribution is -0.870. The van der Waals surface area contributed by atoms with Crippen LogP contribution < -0.4 is 0 Å². The highest BCUT2D eigenvalue weighted by Crippen LogP contribution is 2.16. The fourth-order valence-electron chi connectivity index (χ4n) is 8.30. The van der Waals surface area contributed by atoms with E-state index >= 15 is 0 Å². The van der Waals surface area contributed by atoms with Crippen LogP contribution in [0.25, 0.3) is 0 Å². The van der Waals surface area contributed by atoms with Crippen LogP contribution in [0.1, 0.15) is 245 Å². The van der Waals surface area contributed by atoms with E-state index in [1.807, 2.05) is 21.1 Å². The summed E-state index contributed by atoms with van der Waals surface area (Å²) in [6.45, 7) is 4.76. The second kappa shape index (κ2) is 58.1. The van der Waals surface area contributed by atoms with E-state index in [1.54, 1.807) is 0 Å². The molecule has 0 fully saturated rings. The molecule has 0 aliphatic carbocycles. The first kappa shape index (κ1) is 73.0. The van der Waals surface area contributed by atoms with Crippen LogP contribution in [0.2, 0.25) is 0 Å². The molecule has 0 aliphatic heterocycles. The Morgan fingerprint density at radius 3 is 1.10 bits per heavy atom. The van der Waals surface area contributed by atoms with Crippen LogP contribution in [0.5, 0.6) is 0 Å². The first-order valence-corrected chi connectivity index (χ1v) is 31.1. The highest BCUT2D eigenvalue weighted by atomic mass is 16.7. The second-order valence-electron chi connectivity index (χ2n) is 21.6. The molecule has 0 rings (SSSR count). The highest BCUT2D eigenvalue weighted by molar-refractivity contribution is 5.71. The van der Waals surface area contributed by atoms with Crippen molar-refractivity contribution >= 4 is 17.9 Å². The Hall–Kier alpha value is -4.05. The minimum absolute atomic E-state index is 0.181. The number of hydrogen-bond acceptors (Lipinski definition) is 7. The topological polar surface area (TPSA) is 108 Å².